The number of rotatable bonds is 2. The van der Waals surface area contributed by atoms with Crippen LogP contribution in [0, 0.1) is 29.1 Å². The van der Waals surface area contributed by atoms with Gasteiger partial charge in [0.1, 0.15) is 0 Å². The quantitative estimate of drug-likeness (QED) is 0.430. The summed E-state index contributed by atoms with van der Waals surface area (Å²) in [6.07, 6.45) is 6.64. The predicted molar refractivity (Wildman–Crippen MR) is 80.5 cm³/mol. The summed E-state index contributed by atoms with van der Waals surface area (Å²) in [6.45, 7) is 11.9. The maximum absolute atomic E-state index is 9.04. The van der Waals surface area contributed by atoms with Gasteiger partial charge in [0.15, 0.2) is 0 Å². The van der Waals surface area contributed by atoms with Crippen molar-refractivity contribution in [1.29, 1.82) is 0 Å². The van der Waals surface area contributed by atoms with E-state index in [1.54, 1.807) is 0 Å². The van der Waals surface area contributed by atoms with Crippen molar-refractivity contribution in [2.45, 2.75) is 60.3 Å². The molecule has 2 heteroatoms. The standard InChI is InChI=1S/C17H29NO/c1-11(2)15-7-6-13-10-14(18-19)8-9-17(13,5)16(15)12(3)4/h6,11-12,15-16,19H,7-10H2,1-5H3/b18-14-/t15?,16?,17-/m0/s1. The first-order chi connectivity index (χ1) is 8.90. The van der Waals surface area contributed by atoms with Gasteiger partial charge in [0.2, 0.25) is 0 Å². The van der Waals surface area contributed by atoms with Crippen molar-refractivity contribution in [3.05, 3.63) is 11.6 Å². The molecule has 1 fully saturated rings. The van der Waals surface area contributed by atoms with E-state index in [2.05, 4.69) is 45.9 Å². The molecule has 1 saturated carbocycles. The van der Waals surface area contributed by atoms with Gasteiger partial charge in [-0.1, -0.05) is 51.4 Å². The largest absolute Gasteiger partial charge is 0.411 e. The van der Waals surface area contributed by atoms with Gasteiger partial charge in [0.25, 0.3) is 0 Å². The molecular weight excluding hydrogens is 234 g/mol. The molecule has 3 atom stereocenters. The van der Waals surface area contributed by atoms with Gasteiger partial charge >= 0.3 is 0 Å². The van der Waals surface area contributed by atoms with E-state index in [9.17, 15) is 0 Å². The third-order valence-corrected chi connectivity index (χ3v) is 5.61. The van der Waals surface area contributed by atoms with Crippen molar-refractivity contribution in [3.8, 4) is 0 Å². The van der Waals surface area contributed by atoms with Gasteiger partial charge < -0.3 is 5.21 Å². The van der Waals surface area contributed by atoms with Crippen molar-refractivity contribution >= 4 is 5.71 Å². The lowest BCUT2D eigenvalue weighted by Crippen LogP contribution is -2.45. The van der Waals surface area contributed by atoms with Gasteiger partial charge in [0.05, 0.1) is 5.71 Å². The Balaban J connectivity index is 2.37. The number of hydrogen-bond acceptors (Lipinski definition) is 2. The van der Waals surface area contributed by atoms with Crippen LogP contribution in [0.2, 0.25) is 0 Å². The van der Waals surface area contributed by atoms with E-state index in [1.807, 2.05) is 0 Å². The zero-order valence-electron chi connectivity index (χ0n) is 13.1. The van der Waals surface area contributed by atoms with Crippen molar-refractivity contribution in [2.75, 3.05) is 0 Å². The molecule has 2 rings (SSSR count). The van der Waals surface area contributed by atoms with E-state index < -0.39 is 0 Å². The molecule has 19 heavy (non-hydrogen) atoms. The molecule has 0 aromatic carbocycles. The normalized spacial score (nSPS) is 37.6. The maximum Gasteiger partial charge on any atom is 0.0611 e. The van der Waals surface area contributed by atoms with Gasteiger partial charge in [-0.2, -0.15) is 0 Å². The summed E-state index contributed by atoms with van der Waals surface area (Å²) in [6, 6.07) is 0. The van der Waals surface area contributed by atoms with Crippen LogP contribution in [0.4, 0.5) is 0 Å². The highest BCUT2D eigenvalue weighted by molar-refractivity contribution is 5.87. The molecule has 0 spiro atoms. The minimum atomic E-state index is 0.315. The molecule has 0 aliphatic heterocycles. The Labute approximate surface area is 118 Å². The minimum Gasteiger partial charge on any atom is -0.411 e. The molecule has 0 saturated heterocycles. The molecule has 2 aliphatic carbocycles. The van der Waals surface area contributed by atoms with Gasteiger partial charge in [0, 0.05) is 6.42 Å². The summed E-state index contributed by atoms with van der Waals surface area (Å²) in [4.78, 5) is 0. The molecule has 0 amide bonds. The lowest BCUT2D eigenvalue weighted by atomic mass is 9.52. The van der Waals surface area contributed by atoms with Crippen LogP contribution in [0.1, 0.15) is 60.3 Å². The molecular formula is C17H29NO. The maximum atomic E-state index is 9.04. The van der Waals surface area contributed by atoms with Gasteiger partial charge in [-0.3, -0.25) is 0 Å². The molecule has 1 N–H and O–H groups in total. The van der Waals surface area contributed by atoms with E-state index >= 15 is 0 Å². The summed E-state index contributed by atoms with van der Waals surface area (Å²) in [5, 5.41) is 12.5. The highest BCUT2D eigenvalue weighted by atomic mass is 16.4. The first kappa shape index (κ1) is 14.6. The molecule has 108 valence electrons. The van der Waals surface area contributed by atoms with Crippen molar-refractivity contribution in [2.24, 2.45) is 34.2 Å². The Morgan fingerprint density at radius 2 is 1.95 bits per heavy atom. The van der Waals surface area contributed by atoms with Crippen LogP contribution in [-0.4, -0.2) is 10.9 Å². The monoisotopic (exact) mass is 263 g/mol. The first-order valence-electron chi connectivity index (χ1n) is 7.79. The highest BCUT2D eigenvalue weighted by Crippen LogP contribution is 2.55. The van der Waals surface area contributed by atoms with Crippen LogP contribution < -0.4 is 0 Å². The topological polar surface area (TPSA) is 32.6 Å². The van der Waals surface area contributed by atoms with Crippen molar-refractivity contribution < 1.29 is 5.21 Å². The summed E-state index contributed by atoms with van der Waals surface area (Å²) in [5.74, 6) is 3.01. The third-order valence-electron chi connectivity index (χ3n) is 5.61. The average Bonchev–Trinajstić information content (AvgIpc) is 2.35. The summed E-state index contributed by atoms with van der Waals surface area (Å²) in [5.41, 5.74) is 2.81. The summed E-state index contributed by atoms with van der Waals surface area (Å²) in [7, 11) is 0. The van der Waals surface area contributed by atoms with Crippen LogP contribution in [0.25, 0.3) is 0 Å². The molecule has 0 radical (unpaired) electrons. The van der Waals surface area contributed by atoms with E-state index in [4.69, 9.17) is 5.21 Å². The Hall–Kier alpha value is -0.790. The lowest BCUT2D eigenvalue weighted by molar-refractivity contribution is 0.0543. The fourth-order valence-corrected chi connectivity index (χ4v) is 4.66. The van der Waals surface area contributed by atoms with Crippen LogP contribution in [0.3, 0.4) is 0 Å². The molecule has 2 unspecified atom stereocenters. The van der Waals surface area contributed by atoms with Gasteiger partial charge in [-0.05, 0) is 48.3 Å². The Bertz CT molecular complexity index is 394. The molecule has 2 aliphatic rings. The molecule has 0 aromatic heterocycles. The van der Waals surface area contributed by atoms with E-state index in [0.29, 0.717) is 11.3 Å². The van der Waals surface area contributed by atoms with Gasteiger partial charge in [-0.25, -0.2) is 0 Å². The fraction of sp³-hybridized carbons (Fsp3) is 0.824. The predicted octanol–water partition coefficient (Wildman–Crippen LogP) is 4.88. The minimum absolute atomic E-state index is 0.315. The molecule has 2 nitrogen and oxygen atoms in total. The van der Waals surface area contributed by atoms with E-state index in [-0.39, 0.29) is 0 Å². The van der Waals surface area contributed by atoms with E-state index in [1.165, 1.54) is 12.0 Å². The van der Waals surface area contributed by atoms with Crippen LogP contribution in [-0.2, 0) is 0 Å². The summed E-state index contributed by atoms with van der Waals surface area (Å²) < 4.78 is 0. The van der Waals surface area contributed by atoms with Crippen molar-refractivity contribution in [3.63, 3.8) is 0 Å². The Morgan fingerprint density at radius 1 is 1.26 bits per heavy atom. The highest BCUT2D eigenvalue weighted by Gasteiger charge is 2.47. The Kier molecular flexibility index (Phi) is 4.08. The lowest BCUT2D eigenvalue weighted by Gasteiger charge is -2.52. The number of hydrogen-bond donors (Lipinski definition) is 1. The Morgan fingerprint density at radius 3 is 2.47 bits per heavy atom. The smallest absolute Gasteiger partial charge is 0.0611 e. The molecule has 0 aromatic rings. The second-order valence-corrected chi connectivity index (χ2v) is 7.40. The number of nitrogens with zero attached hydrogens (tertiary/aromatic N) is 1. The molecule has 0 heterocycles. The van der Waals surface area contributed by atoms with Crippen LogP contribution >= 0.6 is 0 Å². The number of oxime groups is 1. The molecule has 0 bridgehead atoms. The zero-order chi connectivity index (χ0) is 14.2. The van der Waals surface area contributed by atoms with Crippen LogP contribution in [0.15, 0.2) is 16.8 Å². The fourth-order valence-electron chi connectivity index (χ4n) is 4.66. The zero-order valence-corrected chi connectivity index (χ0v) is 13.1. The van der Waals surface area contributed by atoms with Crippen molar-refractivity contribution in [1.82, 2.24) is 0 Å². The first-order valence-corrected chi connectivity index (χ1v) is 7.79. The van der Waals surface area contributed by atoms with Gasteiger partial charge in [-0.15, -0.1) is 0 Å². The summed E-state index contributed by atoms with van der Waals surface area (Å²) >= 11 is 0. The van der Waals surface area contributed by atoms with Crippen LogP contribution in [0.5, 0.6) is 0 Å². The second-order valence-electron chi connectivity index (χ2n) is 7.40. The SMILES string of the molecule is CC(C)C1CC=C2C/C(=N\O)CC[C@]2(C)C1C(C)C. The average molecular weight is 263 g/mol. The number of allylic oxidation sites excluding steroid dienone is 2. The third kappa shape index (κ3) is 2.46. The van der Waals surface area contributed by atoms with E-state index in [0.717, 1.165) is 42.7 Å². The number of fused-ring (bicyclic) bond motifs is 1. The second kappa shape index (κ2) is 5.30.